The molecule has 0 aromatic heterocycles. The fourth-order valence-corrected chi connectivity index (χ4v) is 1.55. The molecule has 1 atom stereocenters. The second-order valence-corrected chi connectivity index (χ2v) is 3.72. The average Bonchev–Trinajstić information content (AvgIpc) is 2.35. The molecule has 1 fully saturated rings. The number of rotatable bonds is 4. The third-order valence-corrected chi connectivity index (χ3v) is 2.57. The Morgan fingerprint density at radius 3 is 2.94 bits per heavy atom. The summed E-state index contributed by atoms with van der Waals surface area (Å²) < 4.78 is 5.45. The monoisotopic (exact) mass is 229 g/mol. The number of carbonyl (C=O) groups excluding carboxylic acids is 2. The number of nitrogens with zero attached hydrogens (tertiary/aromatic N) is 1. The Bertz CT molecular complexity index is 258. The number of nitrogens with two attached hydrogens (primary N) is 1. The van der Waals surface area contributed by atoms with Gasteiger partial charge in [0, 0.05) is 13.1 Å². The fraction of sp³-hybridized carbons (Fsp3) is 0.800. The summed E-state index contributed by atoms with van der Waals surface area (Å²) in [6, 6.07) is 0. The first-order valence-corrected chi connectivity index (χ1v) is 5.53. The zero-order valence-electron chi connectivity index (χ0n) is 9.57. The van der Waals surface area contributed by atoms with Gasteiger partial charge in [0.15, 0.2) is 0 Å². The largest absolute Gasteiger partial charge is 0.375 e. The van der Waals surface area contributed by atoms with Gasteiger partial charge in [0.2, 0.25) is 11.8 Å². The SMILES string of the molecule is CCC1CN(C(=O)CNC(=O)CN)CCO1. The maximum atomic E-state index is 11.7. The van der Waals surface area contributed by atoms with Crippen molar-refractivity contribution in [3.05, 3.63) is 0 Å². The number of carbonyl (C=O) groups is 2. The van der Waals surface area contributed by atoms with E-state index in [2.05, 4.69) is 5.32 Å². The predicted octanol–water partition coefficient (Wildman–Crippen LogP) is -1.30. The minimum absolute atomic E-state index is 0.0203. The molecule has 92 valence electrons. The van der Waals surface area contributed by atoms with Crippen molar-refractivity contribution in [2.45, 2.75) is 19.4 Å². The van der Waals surface area contributed by atoms with Crippen LogP contribution < -0.4 is 11.1 Å². The van der Waals surface area contributed by atoms with E-state index in [1.54, 1.807) is 4.90 Å². The highest BCUT2D eigenvalue weighted by Crippen LogP contribution is 2.07. The van der Waals surface area contributed by atoms with E-state index in [9.17, 15) is 9.59 Å². The smallest absolute Gasteiger partial charge is 0.242 e. The number of hydrogen-bond acceptors (Lipinski definition) is 4. The molecule has 1 saturated heterocycles. The van der Waals surface area contributed by atoms with E-state index in [1.165, 1.54) is 0 Å². The van der Waals surface area contributed by atoms with Gasteiger partial charge in [-0.15, -0.1) is 0 Å². The van der Waals surface area contributed by atoms with Crippen LogP contribution in [0.5, 0.6) is 0 Å². The number of ether oxygens (including phenoxy) is 1. The van der Waals surface area contributed by atoms with Crippen LogP contribution in [0.3, 0.4) is 0 Å². The second-order valence-electron chi connectivity index (χ2n) is 3.72. The van der Waals surface area contributed by atoms with E-state index in [0.29, 0.717) is 19.7 Å². The van der Waals surface area contributed by atoms with E-state index >= 15 is 0 Å². The summed E-state index contributed by atoms with van der Waals surface area (Å²) in [7, 11) is 0. The van der Waals surface area contributed by atoms with Crippen LogP contribution in [0.15, 0.2) is 0 Å². The molecule has 2 amide bonds. The van der Waals surface area contributed by atoms with Crippen LogP contribution in [0.2, 0.25) is 0 Å². The van der Waals surface area contributed by atoms with Crippen molar-refractivity contribution in [2.75, 3.05) is 32.8 Å². The topological polar surface area (TPSA) is 84.7 Å². The molecule has 1 heterocycles. The Hall–Kier alpha value is -1.14. The third-order valence-electron chi connectivity index (χ3n) is 2.57. The third kappa shape index (κ3) is 3.79. The molecule has 1 aliphatic heterocycles. The molecule has 0 radical (unpaired) electrons. The van der Waals surface area contributed by atoms with E-state index in [1.807, 2.05) is 6.92 Å². The zero-order valence-corrected chi connectivity index (χ0v) is 9.57. The number of morpholine rings is 1. The lowest BCUT2D eigenvalue weighted by molar-refractivity contribution is -0.139. The molecule has 6 heteroatoms. The fourth-order valence-electron chi connectivity index (χ4n) is 1.55. The molecule has 0 aliphatic carbocycles. The van der Waals surface area contributed by atoms with Crippen molar-refractivity contribution < 1.29 is 14.3 Å². The highest BCUT2D eigenvalue weighted by Gasteiger charge is 2.22. The van der Waals surface area contributed by atoms with Crippen molar-refractivity contribution in [1.82, 2.24) is 10.2 Å². The molecule has 1 rings (SSSR count). The van der Waals surface area contributed by atoms with Crippen LogP contribution >= 0.6 is 0 Å². The van der Waals surface area contributed by atoms with Crippen molar-refractivity contribution >= 4 is 11.8 Å². The number of hydrogen-bond donors (Lipinski definition) is 2. The van der Waals surface area contributed by atoms with Gasteiger partial charge < -0.3 is 20.7 Å². The Kier molecular flexibility index (Phi) is 5.21. The Labute approximate surface area is 95.1 Å². The van der Waals surface area contributed by atoms with Crippen molar-refractivity contribution in [3.8, 4) is 0 Å². The van der Waals surface area contributed by atoms with Gasteiger partial charge in [0.05, 0.1) is 25.8 Å². The van der Waals surface area contributed by atoms with Gasteiger partial charge in [0.25, 0.3) is 0 Å². The minimum Gasteiger partial charge on any atom is -0.375 e. The molecule has 1 aliphatic rings. The summed E-state index contributed by atoms with van der Waals surface area (Å²) in [6.07, 6.45) is 1.00. The standard InChI is InChI=1S/C10H19N3O3/c1-2-8-7-13(3-4-16-8)10(15)6-12-9(14)5-11/h8H,2-7,11H2,1H3,(H,12,14). The molecule has 1 unspecified atom stereocenters. The Balaban J connectivity index is 2.32. The van der Waals surface area contributed by atoms with Gasteiger partial charge >= 0.3 is 0 Å². The first-order valence-electron chi connectivity index (χ1n) is 5.53. The van der Waals surface area contributed by atoms with E-state index in [0.717, 1.165) is 6.42 Å². The van der Waals surface area contributed by atoms with E-state index in [-0.39, 0.29) is 31.0 Å². The van der Waals surface area contributed by atoms with Gasteiger partial charge in [-0.1, -0.05) is 6.92 Å². The van der Waals surface area contributed by atoms with Crippen molar-refractivity contribution in [3.63, 3.8) is 0 Å². The molecule has 0 aromatic rings. The van der Waals surface area contributed by atoms with Gasteiger partial charge in [-0.25, -0.2) is 0 Å². The van der Waals surface area contributed by atoms with Crippen molar-refractivity contribution in [1.29, 1.82) is 0 Å². The normalized spacial score (nSPS) is 20.6. The lowest BCUT2D eigenvalue weighted by atomic mass is 10.2. The summed E-state index contributed by atoms with van der Waals surface area (Å²) in [5, 5.41) is 2.47. The second kappa shape index (κ2) is 6.44. The summed E-state index contributed by atoms with van der Waals surface area (Å²) in [6.45, 7) is 3.71. The maximum Gasteiger partial charge on any atom is 0.242 e. The lowest BCUT2D eigenvalue weighted by Crippen LogP contribution is -2.49. The van der Waals surface area contributed by atoms with Gasteiger partial charge in [-0.05, 0) is 6.42 Å². The summed E-state index contributed by atoms with van der Waals surface area (Å²) in [5.41, 5.74) is 5.12. The number of amides is 2. The molecule has 6 nitrogen and oxygen atoms in total. The molecular formula is C10H19N3O3. The summed E-state index contributed by atoms with van der Waals surface area (Å²) in [5.74, 6) is -0.391. The van der Waals surface area contributed by atoms with Crippen LogP contribution in [-0.2, 0) is 14.3 Å². The van der Waals surface area contributed by atoms with Gasteiger partial charge in [0.1, 0.15) is 0 Å². The zero-order chi connectivity index (χ0) is 12.0. The lowest BCUT2D eigenvalue weighted by Gasteiger charge is -2.32. The molecule has 0 saturated carbocycles. The van der Waals surface area contributed by atoms with Crippen LogP contribution in [0.1, 0.15) is 13.3 Å². The molecular weight excluding hydrogens is 210 g/mol. The molecule has 3 N–H and O–H groups in total. The van der Waals surface area contributed by atoms with Crippen LogP contribution in [0, 0.1) is 0 Å². The molecule has 16 heavy (non-hydrogen) atoms. The highest BCUT2D eigenvalue weighted by atomic mass is 16.5. The Morgan fingerprint density at radius 2 is 2.31 bits per heavy atom. The predicted molar refractivity (Wildman–Crippen MR) is 58.7 cm³/mol. The van der Waals surface area contributed by atoms with Crippen LogP contribution in [0.25, 0.3) is 0 Å². The molecule has 0 aromatic carbocycles. The van der Waals surface area contributed by atoms with Crippen molar-refractivity contribution in [2.24, 2.45) is 5.73 Å². The Morgan fingerprint density at radius 1 is 1.56 bits per heavy atom. The summed E-state index contributed by atoms with van der Waals surface area (Å²) in [4.78, 5) is 24.3. The van der Waals surface area contributed by atoms with Crippen LogP contribution in [-0.4, -0.2) is 55.6 Å². The first-order chi connectivity index (χ1) is 7.67. The van der Waals surface area contributed by atoms with E-state index < -0.39 is 0 Å². The quantitative estimate of drug-likeness (QED) is 0.627. The molecule has 0 bridgehead atoms. The van der Waals surface area contributed by atoms with Crippen LogP contribution in [0.4, 0.5) is 0 Å². The average molecular weight is 229 g/mol. The molecule has 0 spiro atoms. The van der Waals surface area contributed by atoms with Gasteiger partial charge in [-0.3, -0.25) is 9.59 Å². The van der Waals surface area contributed by atoms with Gasteiger partial charge in [-0.2, -0.15) is 0 Å². The minimum atomic E-state index is -0.311. The highest BCUT2D eigenvalue weighted by molar-refractivity contribution is 5.85. The number of nitrogens with one attached hydrogen (secondary N) is 1. The first kappa shape index (κ1) is 12.9. The maximum absolute atomic E-state index is 11.7. The van der Waals surface area contributed by atoms with E-state index in [4.69, 9.17) is 10.5 Å². The summed E-state index contributed by atoms with van der Waals surface area (Å²) >= 11 is 0.